The van der Waals surface area contributed by atoms with Gasteiger partial charge in [-0.2, -0.15) is 0 Å². The van der Waals surface area contributed by atoms with Crippen LogP contribution < -0.4 is 0 Å². The highest BCUT2D eigenvalue weighted by molar-refractivity contribution is 5.86. The highest BCUT2D eigenvalue weighted by Crippen LogP contribution is 2.25. The molecule has 1 fully saturated rings. The monoisotopic (exact) mass is 185 g/mol. The van der Waals surface area contributed by atoms with E-state index in [2.05, 4.69) is 5.16 Å². The quantitative estimate of drug-likeness (QED) is 0.400. The lowest BCUT2D eigenvalue weighted by atomic mass is 9.84. The summed E-state index contributed by atoms with van der Waals surface area (Å²) < 4.78 is 0. The van der Waals surface area contributed by atoms with Crippen LogP contribution in [0.25, 0.3) is 0 Å². The average Bonchev–Trinajstić information content (AvgIpc) is 2.19. The lowest BCUT2D eigenvalue weighted by Gasteiger charge is -2.22. The molecule has 1 aliphatic carbocycles. The molecule has 0 aliphatic heterocycles. The molecular weight excluding hydrogens is 166 g/mol. The summed E-state index contributed by atoms with van der Waals surface area (Å²) in [5.74, 6) is 0.477. The molecule has 0 spiro atoms. The summed E-state index contributed by atoms with van der Waals surface area (Å²) >= 11 is 0. The Hall–Kier alpha value is -0.570. The first kappa shape index (κ1) is 10.5. The van der Waals surface area contributed by atoms with Crippen molar-refractivity contribution < 1.29 is 10.3 Å². The Morgan fingerprint density at radius 2 is 2.15 bits per heavy atom. The molecule has 1 saturated carbocycles. The Bertz CT molecular complexity index is 168. The lowest BCUT2D eigenvalue weighted by Crippen LogP contribution is -2.19. The largest absolute Gasteiger partial charge is 0.411 e. The minimum absolute atomic E-state index is 0.276. The molecule has 2 N–H and O–H groups in total. The van der Waals surface area contributed by atoms with Gasteiger partial charge in [-0.05, 0) is 32.1 Å². The normalized spacial score (nSPS) is 26.5. The molecule has 1 unspecified atom stereocenters. The maximum Gasteiger partial charge on any atom is 0.0601 e. The van der Waals surface area contributed by atoms with E-state index in [0.29, 0.717) is 5.92 Å². The van der Waals surface area contributed by atoms with Gasteiger partial charge in [-0.25, -0.2) is 0 Å². The van der Waals surface area contributed by atoms with Gasteiger partial charge < -0.3 is 10.3 Å². The van der Waals surface area contributed by atoms with Gasteiger partial charge in [0.1, 0.15) is 0 Å². The van der Waals surface area contributed by atoms with Crippen molar-refractivity contribution in [3.63, 3.8) is 0 Å². The Balaban J connectivity index is 2.28. The van der Waals surface area contributed by atoms with Crippen LogP contribution >= 0.6 is 0 Å². The number of aliphatic hydroxyl groups excluding tert-OH is 1. The van der Waals surface area contributed by atoms with Crippen LogP contribution in [0.1, 0.15) is 44.9 Å². The Labute approximate surface area is 79.5 Å². The summed E-state index contributed by atoms with van der Waals surface area (Å²) in [6.45, 7) is 0.276. The first-order valence-corrected chi connectivity index (χ1v) is 5.20. The maximum absolute atomic E-state index is 8.76. The smallest absolute Gasteiger partial charge is 0.0601 e. The summed E-state index contributed by atoms with van der Waals surface area (Å²) in [7, 11) is 0. The molecule has 0 aromatic heterocycles. The Morgan fingerprint density at radius 1 is 1.31 bits per heavy atom. The summed E-state index contributed by atoms with van der Waals surface area (Å²) in [4.78, 5) is 0. The van der Waals surface area contributed by atoms with Crippen molar-refractivity contribution >= 4 is 5.71 Å². The van der Waals surface area contributed by atoms with Gasteiger partial charge in [0.15, 0.2) is 0 Å². The van der Waals surface area contributed by atoms with Crippen molar-refractivity contribution in [2.45, 2.75) is 44.9 Å². The van der Waals surface area contributed by atoms with E-state index in [-0.39, 0.29) is 6.61 Å². The molecule has 1 aliphatic rings. The molecule has 0 heterocycles. The number of unbranched alkanes of at least 4 members (excludes halogenated alkanes) is 1. The second kappa shape index (κ2) is 5.97. The highest BCUT2D eigenvalue weighted by Gasteiger charge is 2.20. The van der Waals surface area contributed by atoms with Crippen molar-refractivity contribution in [1.29, 1.82) is 0 Å². The van der Waals surface area contributed by atoms with Crippen LogP contribution in [-0.4, -0.2) is 22.6 Å². The Morgan fingerprint density at radius 3 is 2.85 bits per heavy atom. The predicted molar refractivity (Wildman–Crippen MR) is 52.1 cm³/mol. The zero-order valence-electron chi connectivity index (χ0n) is 8.08. The third-order valence-corrected chi connectivity index (χ3v) is 2.80. The molecule has 3 heteroatoms. The van der Waals surface area contributed by atoms with E-state index in [4.69, 9.17) is 10.3 Å². The minimum atomic E-state index is 0.276. The lowest BCUT2D eigenvalue weighted by molar-refractivity contribution is 0.277. The SMILES string of the molecule is OCCCCC1CCCC/C1=N/O. The van der Waals surface area contributed by atoms with Crippen LogP contribution in [0.5, 0.6) is 0 Å². The van der Waals surface area contributed by atoms with Crippen LogP contribution in [-0.2, 0) is 0 Å². The van der Waals surface area contributed by atoms with E-state index in [1.165, 1.54) is 6.42 Å². The van der Waals surface area contributed by atoms with Crippen LogP contribution in [0.4, 0.5) is 0 Å². The summed E-state index contributed by atoms with van der Waals surface area (Å²) in [5.41, 5.74) is 0.976. The molecule has 0 aromatic carbocycles. The van der Waals surface area contributed by atoms with Crippen LogP contribution in [0.2, 0.25) is 0 Å². The second-order valence-corrected chi connectivity index (χ2v) is 3.75. The van der Waals surface area contributed by atoms with Crippen molar-refractivity contribution in [2.24, 2.45) is 11.1 Å². The van der Waals surface area contributed by atoms with Gasteiger partial charge >= 0.3 is 0 Å². The van der Waals surface area contributed by atoms with E-state index in [1.807, 2.05) is 0 Å². The molecule has 1 atom stereocenters. The van der Waals surface area contributed by atoms with Gasteiger partial charge in [0, 0.05) is 12.5 Å². The van der Waals surface area contributed by atoms with Crippen LogP contribution in [0.3, 0.4) is 0 Å². The van der Waals surface area contributed by atoms with Crippen LogP contribution in [0.15, 0.2) is 5.16 Å². The van der Waals surface area contributed by atoms with Gasteiger partial charge in [-0.3, -0.25) is 0 Å². The van der Waals surface area contributed by atoms with Gasteiger partial charge in [0.25, 0.3) is 0 Å². The zero-order valence-corrected chi connectivity index (χ0v) is 8.08. The third kappa shape index (κ3) is 3.35. The number of hydrogen-bond acceptors (Lipinski definition) is 3. The molecule has 0 saturated heterocycles. The maximum atomic E-state index is 8.76. The summed E-state index contributed by atoms with van der Waals surface area (Å²) in [6.07, 6.45) is 7.51. The molecule has 1 rings (SSSR count). The van der Waals surface area contributed by atoms with E-state index in [9.17, 15) is 0 Å². The van der Waals surface area contributed by atoms with Crippen molar-refractivity contribution in [1.82, 2.24) is 0 Å². The Kier molecular flexibility index (Phi) is 4.83. The molecular formula is C10H19NO2. The number of nitrogens with zero attached hydrogens (tertiary/aromatic N) is 1. The number of rotatable bonds is 4. The van der Waals surface area contributed by atoms with E-state index in [0.717, 1.165) is 44.2 Å². The molecule has 0 amide bonds. The molecule has 0 bridgehead atoms. The number of hydrogen-bond donors (Lipinski definition) is 2. The third-order valence-electron chi connectivity index (χ3n) is 2.80. The van der Waals surface area contributed by atoms with Crippen LogP contribution in [0, 0.1) is 5.92 Å². The van der Waals surface area contributed by atoms with E-state index >= 15 is 0 Å². The summed E-state index contributed by atoms with van der Waals surface area (Å²) in [5, 5.41) is 20.8. The highest BCUT2D eigenvalue weighted by atomic mass is 16.4. The van der Waals surface area contributed by atoms with Gasteiger partial charge in [0.2, 0.25) is 0 Å². The fourth-order valence-electron chi connectivity index (χ4n) is 2.01. The first-order chi connectivity index (χ1) is 6.38. The molecule has 3 nitrogen and oxygen atoms in total. The fraction of sp³-hybridized carbons (Fsp3) is 0.900. The first-order valence-electron chi connectivity index (χ1n) is 5.20. The number of oxime groups is 1. The summed E-state index contributed by atoms with van der Waals surface area (Å²) in [6, 6.07) is 0. The standard InChI is InChI=1S/C10H19NO2/c12-8-4-3-6-9-5-1-2-7-10(9)11-13/h9,12-13H,1-8H2/b11-10-. The van der Waals surface area contributed by atoms with E-state index < -0.39 is 0 Å². The van der Waals surface area contributed by atoms with Gasteiger partial charge in [-0.1, -0.05) is 18.0 Å². The van der Waals surface area contributed by atoms with Crippen molar-refractivity contribution in [2.75, 3.05) is 6.61 Å². The van der Waals surface area contributed by atoms with Crippen molar-refractivity contribution in [3.05, 3.63) is 0 Å². The average molecular weight is 185 g/mol. The molecule has 0 aromatic rings. The fourth-order valence-corrected chi connectivity index (χ4v) is 2.01. The predicted octanol–water partition coefficient (Wildman–Crippen LogP) is 2.17. The van der Waals surface area contributed by atoms with E-state index in [1.54, 1.807) is 0 Å². The van der Waals surface area contributed by atoms with Crippen molar-refractivity contribution in [3.8, 4) is 0 Å². The van der Waals surface area contributed by atoms with Gasteiger partial charge in [0.05, 0.1) is 5.71 Å². The molecule has 76 valence electrons. The molecule has 0 radical (unpaired) electrons. The molecule has 13 heavy (non-hydrogen) atoms. The van der Waals surface area contributed by atoms with Gasteiger partial charge in [-0.15, -0.1) is 0 Å². The zero-order chi connectivity index (χ0) is 9.52. The minimum Gasteiger partial charge on any atom is -0.411 e. The topological polar surface area (TPSA) is 52.8 Å². The second-order valence-electron chi connectivity index (χ2n) is 3.75. The number of aliphatic hydroxyl groups is 1.